The molecule has 1 unspecified atom stereocenters. The molecule has 1 atom stereocenters. The molecule has 1 fully saturated rings. The lowest BCUT2D eigenvalue weighted by Gasteiger charge is -2.24. The Morgan fingerprint density at radius 3 is 2.72 bits per heavy atom. The minimum absolute atomic E-state index is 0.125. The SMILES string of the molecule is OCC1CCCN1c1cc(NCc2cn(-c3ccccc3)nc2-c2ccncc2)ncn1. The van der Waals surface area contributed by atoms with E-state index >= 15 is 0 Å². The average molecular weight is 428 g/mol. The highest BCUT2D eigenvalue weighted by Crippen LogP contribution is 2.26. The molecule has 0 spiro atoms. The Hall–Kier alpha value is -3.78. The van der Waals surface area contributed by atoms with Crippen LogP contribution in [0, 0.1) is 0 Å². The lowest BCUT2D eigenvalue weighted by atomic mass is 10.1. The second-order valence-corrected chi connectivity index (χ2v) is 7.81. The van der Waals surface area contributed by atoms with E-state index in [1.165, 1.54) is 0 Å². The van der Waals surface area contributed by atoms with Crippen LogP contribution < -0.4 is 10.2 Å². The zero-order valence-corrected chi connectivity index (χ0v) is 17.7. The van der Waals surface area contributed by atoms with Gasteiger partial charge in [-0.3, -0.25) is 4.98 Å². The molecule has 0 bridgehead atoms. The number of pyridine rings is 1. The molecule has 0 saturated carbocycles. The molecule has 8 heteroatoms. The number of para-hydroxylation sites is 1. The zero-order valence-electron chi connectivity index (χ0n) is 17.7. The third-order valence-corrected chi connectivity index (χ3v) is 5.76. The summed E-state index contributed by atoms with van der Waals surface area (Å²) in [5, 5.41) is 17.9. The maximum absolute atomic E-state index is 9.64. The van der Waals surface area contributed by atoms with Crippen molar-refractivity contribution in [2.45, 2.75) is 25.4 Å². The van der Waals surface area contributed by atoms with Crippen LogP contribution in [0.15, 0.2) is 73.4 Å². The summed E-state index contributed by atoms with van der Waals surface area (Å²) in [6, 6.07) is 16.1. The highest BCUT2D eigenvalue weighted by atomic mass is 16.3. The number of nitrogens with zero attached hydrogens (tertiary/aromatic N) is 6. The van der Waals surface area contributed by atoms with Gasteiger partial charge in [0.25, 0.3) is 0 Å². The van der Waals surface area contributed by atoms with Crippen molar-refractivity contribution in [1.29, 1.82) is 0 Å². The van der Waals surface area contributed by atoms with E-state index in [0.29, 0.717) is 6.54 Å². The van der Waals surface area contributed by atoms with Crippen LogP contribution in [0.4, 0.5) is 11.6 Å². The molecule has 3 aromatic heterocycles. The van der Waals surface area contributed by atoms with E-state index in [1.807, 2.05) is 59.4 Å². The second-order valence-electron chi connectivity index (χ2n) is 7.81. The molecular weight excluding hydrogens is 402 g/mol. The number of hydrogen-bond donors (Lipinski definition) is 2. The van der Waals surface area contributed by atoms with E-state index in [4.69, 9.17) is 5.10 Å². The fraction of sp³-hybridized carbons (Fsp3) is 0.250. The number of aromatic nitrogens is 5. The van der Waals surface area contributed by atoms with Gasteiger partial charge in [-0.25, -0.2) is 14.6 Å². The van der Waals surface area contributed by atoms with Crippen molar-refractivity contribution < 1.29 is 5.11 Å². The van der Waals surface area contributed by atoms with Crippen LogP contribution in [0.3, 0.4) is 0 Å². The Bertz CT molecular complexity index is 1160. The van der Waals surface area contributed by atoms with Gasteiger partial charge in [-0.15, -0.1) is 0 Å². The number of nitrogens with one attached hydrogen (secondary N) is 1. The summed E-state index contributed by atoms with van der Waals surface area (Å²) in [6.45, 7) is 1.60. The lowest BCUT2D eigenvalue weighted by molar-refractivity contribution is 0.266. The smallest absolute Gasteiger partial charge is 0.134 e. The zero-order chi connectivity index (χ0) is 21.8. The lowest BCUT2D eigenvalue weighted by Crippen LogP contribution is -2.32. The van der Waals surface area contributed by atoms with E-state index < -0.39 is 0 Å². The van der Waals surface area contributed by atoms with Crippen molar-refractivity contribution in [3.63, 3.8) is 0 Å². The number of hydrogen-bond acceptors (Lipinski definition) is 7. The highest BCUT2D eigenvalue weighted by Gasteiger charge is 2.25. The molecule has 1 aliphatic heterocycles. The number of rotatable bonds is 7. The molecule has 32 heavy (non-hydrogen) atoms. The third-order valence-electron chi connectivity index (χ3n) is 5.76. The monoisotopic (exact) mass is 427 g/mol. The van der Waals surface area contributed by atoms with Gasteiger partial charge in [-0.05, 0) is 37.1 Å². The summed E-state index contributed by atoms with van der Waals surface area (Å²) in [6.07, 6.45) is 9.21. The fourth-order valence-corrected chi connectivity index (χ4v) is 4.12. The Labute approximate surface area is 186 Å². The summed E-state index contributed by atoms with van der Waals surface area (Å²) in [4.78, 5) is 15.1. The van der Waals surface area contributed by atoms with E-state index in [9.17, 15) is 5.11 Å². The molecule has 1 saturated heterocycles. The summed E-state index contributed by atoms with van der Waals surface area (Å²) in [7, 11) is 0. The molecule has 162 valence electrons. The van der Waals surface area contributed by atoms with E-state index in [0.717, 1.165) is 53.5 Å². The van der Waals surface area contributed by atoms with Gasteiger partial charge in [0.05, 0.1) is 24.0 Å². The summed E-state index contributed by atoms with van der Waals surface area (Å²) < 4.78 is 1.90. The number of aliphatic hydroxyl groups is 1. The Kier molecular flexibility index (Phi) is 5.76. The average Bonchev–Trinajstić information content (AvgIpc) is 3.51. The molecule has 8 nitrogen and oxygen atoms in total. The molecule has 4 heterocycles. The van der Waals surface area contributed by atoms with Crippen molar-refractivity contribution in [3.05, 3.63) is 79.0 Å². The minimum atomic E-state index is 0.125. The number of benzene rings is 1. The van der Waals surface area contributed by atoms with Crippen molar-refractivity contribution >= 4 is 11.6 Å². The van der Waals surface area contributed by atoms with Crippen molar-refractivity contribution in [2.75, 3.05) is 23.4 Å². The molecule has 1 aromatic carbocycles. The van der Waals surface area contributed by atoms with Gasteiger partial charge >= 0.3 is 0 Å². The summed E-state index contributed by atoms with van der Waals surface area (Å²) in [5.74, 6) is 1.58. The van der Waals surface area contributed by atoms with Crippen LogP contribution >= 0.6 is 0 Å². The van der Waals surface area contributed by atoms with Gasteiger partial charge in [0.1, 0.15) is 18.0 Å². The van der Waals surface area contributed by atoms with Crippen molar-refractivity contribution in [3.8, 4) is 16.9 Å². The molecule has 4 aromatic rings. The number of aliphatic hydroxyl groups excluding tert-OH is 1. The van der Waals surface area contributed by atoms with Crippen LogP contribution in [-0.2, 0) is 6.54 Å². The largest absolute Gasteiger partial charge is 0.394 e. The first kappa shape index (κ1) is 20.1. The summed E-state index contributed by atoms with van der Waals surface area (Å²) >= 11 is 0. The molecule has 1 aliphatic rings. The molecular formula is C24H25N7O. The quantitative estimate of drug-likeness (QED) is 0.468. The maximum atomic E-state index is 9.64. The van der Waals surface area contributed by atoms with Gasteiger partial charge in [-0.1, -0.05) is 18.2 Å². The first-order valence-electron chi connectivity index (χ1n) is 10.8. The van der Waals surface area contributed by atoms with Crippen molar-refractivity contribution in [1.82, 2.24) is 24.7 Å². The predicted octanol–water partition coefficient (Wildman–Crippen LogP) is 3.30. The molecule has 0 aliphatic carbocycles. The van der Waals surface area contributed by atoms with Gasteiger partial charge in [-0.2, -0.15) is 5.10 Å². The normalized spacial score (nSPS) is 15.8. The van der Waals surface area contributed by atoms with Crippen LogP contribution in [0.2, 0.25) is 0 Å². The predicted molar refractivity (Wildman–Crippen MR) is 124 cm³/mol. The Balaban J connectivity index is 1.41. The van der Waals surface area contributed by atoms with Crippen molar-refractivity contribution in [2.24, 2.45) is 0 Å². The molecule has 0 amide bonds. The maximum Gasteiger partial charge on any atom is 0.134 e. The molecule has 0 radical (unpaired) electrons. The first-order valence-corrected chi connectivity index (χ1v) is 10.8. The first-order chi connectivity index (χ1) is 15.8. The second kappa shape index (κ2) is 9.15. The van der Waals surface area contributed by atoms with Gasteiger partial charge in [0.2, 0.25) is 0 Å². The van der Waals surface area contributed by atoms with Gasteiger partial charge in [0.15, 0.2) is 0 Å². The van der Waals surface area contributed by atoms with Crippen LogP contribution in [-0.4, -0.2) is 49.0 Å². The fourth-order valence-electron chi connectivity index (χ4n) is 4.12. The van der Waals surface area contributed by atoms with Gasteiger partial charge in [0, 0.05) is 48.9 Å². The summed E-state index contributed by atoms with van der Waals surface area (Å²) in [5.41, 5.74) is 3.97. The topological polar surface area (TPSA) is 92.0 Å². The molecule has 5 rings (SSSR count). The standard InChI is InChI=1S/C24H25N7O/c32-16-21-7-4-12-30(21)23-13-22(27-17-28-23)26-14-19-15-31(20-5-2-1-3-6-20)29-24(19)18-8-10-25-11-9-18/h1-3,5-6,8-11,13,15,17,21,32H,4,7,12,14,16H2,(H,26,27,28). The van der Waals surface area contributed by atoms with E-state index in [2.05, 4.69) is 25.2 Å². The number of anilines is 2. The Morgan fingerprint density at radius 1 is 1.06 bits per heavy atom. The van der Waals surface area contributed by atoms with E-state index in [-0.39, 0.29) is 12.6 Å². The third kappa shape index (κ3) is 4.17. The van der Waals surface area contributed by atoms with Gasteiger partial charge < -0.3 is 15.3 Å². The van der Waals surface area contributed by atoms with Crippen LogP contribution in [0.5, 0.6) is 0 Å². The molecule has 2 N–H and O–H groups in total. The van der Waals surface area contributed by atoms with E-state index in [1.54, 1.807) is 18.7 Å². The van der Waals surface area contributed by atoms with Crippen LogP contribution in [0.25, 0.3) is 16.9 Å². The minimum Gasteiger partial charge on any atom is -0.394 e. The highest BCUT2D eigenvalue weighted by molar-refractivity contribution is 5.63. The Morgan fingerprint density at radius 2 is 1.91 bits per heavy atom. The van der Waals surface area contributed by atoms with Crippen LogP contribution in [0.1, 0.15) is 18.4 Å².